The standard InChI is InChI=1S/C18H20O5/c19-15(13-3-4-16-17(7-13)23-10-22-16)9-21-18(20)8-14-6-11-1-2-12(14)5-11/h3-4,7,11-12,14H,1-2,5-6,8-10H2/t11-,12+,14+/m0/s1. The predicted octanol–water partition coefficient (Wildman–Crippen LogP) is 2.97. The third kappa shape index (κ3) is 2.92. The van der Waals surface area contributed by atoms with Crippen LogP contribution in [-0.2, 0) is 9.53 Å². The highest BCUT2D eigenvalue weighted by Gasteiger charge is 2.40. The second kappa shape index (κ2) is 5.87. The van der Waals surface area contributed by atoms with Crippen LogP contribution >= 0.6 is 0 Å². The number of carbonyl (C=O) groups is 2. The zero-order chi connectivity index (χ0) is 15.8. The number of esters is 1. The third-order valence-corrected chi connectivity index (χ3v) is 5.37. The Morgan fingerprint density at radius 2 is 2.00 bits per heavy atom. The summed E-state index contributed by atoms with van der Waals surface area (Å²) in [4.78, 5) is 24.1. The van der Waals surface area contributed by atoms with Gasteiger partial charge in [0.25, 0.3) is 0 Å². The van der Waals surface area contributed by atoms with Crippen LogP contribution in [0.4, 0.5) is 0 Å². The summed E-state index contributed by atoms with van der Waals surface area (Å²) in [5.74, 6) is 2.69. The lowest BCUT2D eigenvalue weighted by atomic mass is 9.86. The lowest BCUT2D eigenvalue weighted by molar-refractivity contribution is -0.144. The van der Waals surface area contributed by atoms with Crippen molar-refractivity contribution in [2.75, 3.05) is 13.4 Å². The first-order valence-corrected chi connectivity index (χ1v) is 8.27. The molecule has 2 bridgehead atoms. The number of Topliss-reactive ketones (excluding diaryl/α,β-unsaturated/α-hetero) is 1. The molecular weight excluding hydrogens is 296 g/mol. The summed E-state index contributed by atoms with van der Waals surface area (Å²) in [7, 11) is 0. The lowest BCUT2D eigenvalue weighted by Gasteiger charge is -2.20. The van der Waals surface area contributed by atoms with E-state index in [2.05, 4.69) is 0 Å². The van der Waals surface area contributed by atoms with Gasteiger partial charge in [-0.05, 0) is 55.2 Å². The number of rotatable bonds is 5. The van der Waals surface area contributed by atoms with Gasteiger partial charge in [0.1, 0.15) is 0 Å². The van der Waals surface area contributed by atoms with E-state index in [1.165, 1.54) is 19.3 Å². The van der Waals surface area contributed by atoms with E-state index in [1.54, 1.807) is 18.2 Å². The molecule has 1 aromatic carbocycles. The number of ketones is 1. The molecule has 5 heteroatoms. The van der Waals surface area contributed by atoms with Crippen LogP contribution in [0.1, 0.15) is 42.5 Å². The number of fused-ring (bicyclic) bond motifs is 3. The first-order valence-electron chi connectivity index (χ1n) is 8.27. The zero-order valence-corrected chi connectivity index (χ0v) is 13.0. The van der Waals surface area contributed by atoms with Crippen LogP contribution < -0.4 is 9.47 Å². The van der Waals surface area contributed by atoms with E-state index in [0.29, 0.717) is 35.3 Å². The van der Waals surface area contributed by atoms with Gasteiger partial charge >= 0.3 is 5.97 Å². The van der Waals surface area contributed by atoms with Crippen LogP contribution in [-0.4, -0.2) is 25.2 Å². The molecule has 4 rings (SSSR count). The van der Waals surface area contributed by atoms with Gasteiger partial charge in [0.2, 0.25) is 6.79 Å². The highest BCUT2D eigenvalue weighted by Crippen LogP contribution is 2.49. The molecular formula is C18H20O5. The molecule has 2 aliphatic carbocycles. The summed E-state index contributed by atoms with van der Waals surface area (Å²) < 4.78 is 15.6. The molecule has 1 aliphatic heterocycles. The van der Waals surface area contributed by atoms with Crippen LogP contribution in [0.25, 0.3) is 0 Å². The number of hydrogen-bond acceptors (Lipinski definition) is 5. The van der Waals surface area contributed by atoms with Gasteiger partial charge in [0.15, 0.2) is 23.9 Å². The molecule has 5 nitrogen and oxygen atoms in total. The molecule has 0 amide bonds. The van der Waals surface area contributed by atoms with Crippen molar-refractivity contribution in [3.05, 3.63) is 23.8 Å². The van der Waals surface area contributed by atoms with Crippen molar-refractivity contribution in [3.8, 4) is 11.5 Å². The Labute approximate surface area is 134 Å². The quantitative estimate of drug-likeness (QED) is 0.617. The molecule has 0 N–H and O–H groups in total. The number of ether oxygens (including phenoxy) is 3. The maximum Gasteiger partial charge on any atom is 0.306 e. The summed E-state index contributed by atoms with van der Waals surface area (Å²) in [5, 5.41) is 0. The zero-order valence-electron chi connectivity index (χ0n) is 13.0. The lowest BCUT2D eigenvalue weighted by Crippen LogP contribution is -2.19. The maximum absolute atomic E-state index is 12.1. The second-order valence-corrected chi connectivity index (χ2v) is 6.79. The van der Waals surface area contributed by atoms with E-state index in [1.807, 2.05) is 0 Å². The molecule has 3 atom stereocenters. The van der Waals surface area contributed by atoms with E-state index < -0.39 is 0 Å². The van der Waals surface area contributed by atoms with Crippen LogP contribution in [0, 0.1) is 17.8 Å². The molecule has 0 spiro atoms. The van der Waals surface area contributed by atoms with Gasteiger partial charge in [0, 0.05) is 12.0 Å². The molecule has 0 aromatic heterocycles. The fourth-order valence-electron chi connectivity index (χ4n) is 4.20. The maximum atomic E-state index is 12.1. The first-order chi connectivity index (χ1) is 11.2. The van der Waals surface area contributed by atoms with Crippen molar-refractivity contribution in [1.82, 2.24) is 0 Å². The monoisotopic (exact) mass is 316 g/mol. The van der Waals surface area contributed by atoms with Gasteiger partial charge in [-0.1, -0.05) is 6.42 Å². The average molecular weight is 316 g/mol. The number of benzene rings is 1. The van der Waals surface area contributed by atoms with Gasteiger partial charge in [-0.15, -0.1) is 0 Å². The third-order valence-electron chi connectivity index (χ3n) is 5.37. The molecule has 23 heavy (non-hydrogen) atoms. The van der Waals surface area contributed by atoms with Crippen molar-refractivity contribution >= 4 is 11.8 Å². The Hall–Kier alpha value is -2.04. The Bertz CT molecular complexity index is 638. The molecule has 2 fully saturated rings. The molecule has 1 aromatic rings. The van der Waals surface area contributed by atoms with E-state index in [-0.39, 0.29) is 25.2 Å². The first kappa shape index (κ1) is 14.5. The van der Waals surface area contributed by atoms with E-state index in [4.69, 9.17) is 14.2 Å². The predicted molar refractivity (Wildman–Crippen MR) is 81.4 cm³/mol. The molecule has 122 valence electrons. The average Bonchev–Trinajstić information content (AvgIpc) is 3.27. The minimum absolute atomic E-state index is 0.172. The highest BCUT2D eigenvalue weighted by molar-refractivity contribution is 5.98. The molecule has 0 radical (unpaired) electrons. The van der Waals surface area contributed by atoms with Gasteiger partial charge < -0.3 is 14.2 Å². The SMILES string of the molecule is O=C(C[C@H]1C[C@H]2CC[C@@H]1C2)OCC(=O)c1ccc2c(c1)OCO2. The minimum Gasteiger partial charge on any atom is -0.457 e. The van der Waals surface area contributed by atoms with Crippen LogP contribution in [0.3, 0.4) is 0 Å². The number of hydrogen-bond donors (Lipinski definition) is 0. The normalized spacial score (nSPS) is 27.2. The molecule has 3 aliphatic rings. The smallest absolute Gasteiger partial charge is 0.306 e. The van der Waals surface area contributed by atoms with E-state index in [9.17, 15) is 9.59 Å². The summed E-state index contributed by atoms with van der Waals surface area (Å²) in [5.41, 5.74) is 0.474. The molecule has 0 saturated heterocycles. The summed E-state index contributed by atoms with van der Waals surface area (Å²) in [6.45, 7) is -0.0369. The minimum atomic E-state index is -0.253. The van der Waals surface area contributed by atoms with Crippen molar-refractivity contribution in [1.29, 1.82) is 0 Å². The second-order valence-electron chi connectivity index (χ2n) is 6.79. The Morgan fingerprint density at radius 1 is 1.13 bits per heavy atom. The molecule has 1 heterocycles. The summed E-state index contributed by atoms with van der Waals surface area (Å²) in [6, 6.07) is 5.00. The van der Waals surface area contributed by atoms with Crippen molar-refractivity contribution < 1.29 is 23.8 Å². The summed E-state index contributed by atoms with van der Waals surface area (Å²) >= 11 is 0. The van der Waals surface area contributed by atoms with E-state index >= 15 is 0 Å². The fourth-order valence-corrected chi connectivity index (χ4v) is 4.20. The van der Waals surface area contributed by atoms with E-state index in [0.717, 1.165) is 12.3 Å². The fraction of sp³-hybridized carbons (Fsp3) is 0.556. The van der Waals surface area contributed by atoms with Crippen molar-refractivity contribution in [2.24, 2.45) is 17.8 Å². The molecule has 0 unspecified atom stereocenters. The van der Waals surface area contributed by atoms with Crippen LogP contribution in [0.2, 0.25) is 0 Å². The number of carbonyl (C=O) groups excluding carboxylic acids is 2. The van der Waals surface area contributed by atoms with Crippen LogP contribution in [0.5, 0.6) is 11.5 Å². The Morgan fingerprint density at radius 3 is 2.78 bits per heavy atom. The Kier molecular flexibility index (Phi) is 3.71. The van der Waals surface area contributed by atoms with Crippen molar-refractivity contribution in [3.63, 3.8) is 0 Å². The van der Waals surface area contributed by atoms with Gasteiger partial charge in [-0.25, -0.2) is 0 Å². The highest BCUT2D eigenvalue weighted by atomic mass is 16.7. The Balaban J connectivity index is 1.28. The topological polar surface area (TPSA) is 61.8 Å². The van der Waals surface area contributed by atoms with Gasteiger partial charge in [0.05, 0.1) is 0 Å². The summed E-state index contributed by atoms with van der Waals surface area (Å²) in [6.07, 6.45) is 5.44. The molecule has 2 saturated carbocycles. The largest absolute Gasteiger partial charge is 0.457 e. The van der Waals surface area contributed by atoms with Crippen molar-refractivity contribution in [2.45, 2.75) is 32.1 Å². The van der Waals surface area contributed by atoms with Gasteiger partial charge in [-0.3, -0.25) is 9.59 Å². The van der Waals surface area contributed by atoms with Crippen LogP contribution in [0.15, 0.2) is 18.2 Å². The van der Waals surface area contributed by atoms with Gasteiger partial charge in [-0.2, -0.15) is 0 Å².